The van der Waals surface area contributed by atoms with E-state index in [1.165, 1.54) is 42.6 Å². The number of fused-ring (bicyclic) bond motifs is 1. The number of aromatic nitrogens is 2. The molecule has 0 aliphatic heterocycles. The van der Waals surface area contributed by atoms with Crippen molar-refractivity contribution in [2.24, 2.45) is 18.7 Å². The number of rotatable bonds is 2. The van der Waals surface area contributed by atoms with Crippen LogP contribution >= 0.6 is 0 Å². The van der Waals surface area contributed by atoms with E-state index in [4.69, 9.17) is 10.7 Å². The van der Waals surface area contributed by atoms with Gasteiger partial charge in [0.05, 0.1) is 11.0 Å². The van der Waals surface area contributed by atoms with Gasteiger partial charge in [-0.25, -0.2) is 4.98 Å². The van der Waals surface area contributed by atoms with Gasteiger partial charge in [-0.05, 0) is 49.9 Å². The third kappa shape index (κ3) is 2.16. The van der Waals surface area contributed by atoms with Crippen LogP contribution < -0.4 is 5.73 Å². The predicted molar refractivity (Wildman–Crippen MR) is 79.2 cm³/mol. The first-order valence-corrected chi connectivity index (χ1v) is 7.33. The van der Waals surface area contributed by atoms with Gasteiger partial charge in [-0.3, -0.25) is 0 Å². The zero-order valence-electron chi connectivity index (χ0n) is 11.9. The van der Waals surface area contributed by atoms with Gasteiger partial charge in [0.1, 0.15) is 5.82 Å². The SMILES string of the molecule is Cc1ccc2c(c1)nc(C1CCCCC1CN)n2C. The molecule has 1 aromatic heterocycles. The summed E-state index contributed by atoms with van der Waals surface area (Å²) in [6.07, 6.45) is 5.12. The molecule has 1 fully saturated rings. The molecule has 2 aromatic rings. The lowest BCUT2D eigenvalue weighted by molar-refractivity contribution is 0.301. The zero-order valence-corrected chi connectivity index (χ0v) is 11.9. The molecule has 1 heterocycles. The molecule has 3 rings (SSSR count). The van der Waals surface area contributed by atoms with Crippen molar-refractivity contribution in [1.82, 2.24) is 9.55 Å². The number of hydrogen-bond acceptors (Lipinski definition) is 2. The predicted octanol–water partition coefficient (Wildman–Crippen LogP) is 3.11. The summed E-state index contributed by atoms with van der Waals surface area (Å²) in [7, 11) is 2.14. The van der Waals surface area contributed by atoms with Crippen molar-refractivity contribution in [3.05, 3.63) is 29.6 Å². The summed E-state index contributed by atoms with van der Waals surface area (Å²) in [5, 5.41) is 0. The lowest BCUT2D eigenvalue weighted by Crippen LogP contribution is -2.27. The van der Waals surface area contributed by atoms with Gasteiger partial charge in [-0.15, -0.1) is 0 Å². The van der Waals surface area contributed by atoms with Crippen LogP contribution in [0.15, 0.2) is 18.2 Å². The largest absolute Gasteiger partial charge is 0.331 e. The van der Waals surface area contributed by atoms with Crippen molar-refractivity contribution in [3.8, 4) is 0 Å². The molecular formula is C16H23N3. The molecule has 0 bridgehead atoms. The maximum absolute atomic E-state index is 5.96. The van der Waals surface area contributed by atoms with Crippen LogP contribution in [0.25, 0.3) is 11.0 Å². The van der Waals surface area contributed by atoms with Crippen LogP contribution in [0.2, 0.25) is 0 Å². The van der Waals surface area contributed by atoms with E-state index in [9.17, 15) is 0 Å². The first kappa shape index (κ1) is 12.7. The van der Waals surface area contributed by atoms with Gasteiger partial charge in [-0.2, -0.15) is 0 Å². The normalized spacial score (nSPS) is 23.9. The molecule has 2 atom stereocenters. The Morgan fingerprint density at radius 3 is 2.89 bits per heavy atom. The second kappa shape index (κ2) is 4.97. The van der Waals surface area contributed by atoms with E-state index in [0.717, 1.165) is 12.1 Å². The molecular weight excluding hydrogens is 234 g/mol. The summed E-state index contributed by atoms with van der Waals surface area (Å²) in [5.41, 5.74) is 9.60. The topological polar surface area (TPSA) is 43.8 Å². The van der Waals surface area contributed by atoms with E-state index < -0.39 is 0 Å². The van der Waals surface area contributed by atoms with Crippen LogP contribution in [0, 0.1) is 12.8 Å². The fourth-order valence-electron chi connectivity index (χ4n) is 3.49. The molecule has 0 radical (unpaired) electrons. The molecule has 3 heteroatoms. The van der Waals surface area contributed by atoms with Gasteiger partial charge in [0.2, 0.25) is 0 Å². The molecule has 1 aromatic carbocycles. The van der Waals surface area contributed by atoms with Crippen molar-refractivity contribution < 1.29 is 0 Å². The molecule has 2 unspecified atom stereocenters. The smallest absolute Gasteiger partial charge is 0.113 e. The highest BCUT2D eigenvalue weighted by Gasteiger charge is 2.29. The van der Waals surface area contributed by atoms with E-state index in [1.54, 1.807) is 0 Å². The van der Waals surface area contributed by atoms with Gasteiger partial charge in [0.15, 0.2) is 0 Å². The number of nitrogens with two attached hydrogens (primary N) is 1. The Labute approximate surface area is 114 Å². The highest BCUT2D eigenvalue weighted by molar-refractivity contribution is 5.76. The van der Waals surface area contributed by atoms with Gasteiger partial charge < -0.3 is 10.3 Å². The van der Waals surface area contributed by atoms with Crippen LogP contribution in [0.5, 0.6) is 0 Å². The van der Waals surface area contributed by atoms with Crippen molar-refractivity contribution in [3.63, 3.8) is 0 Å². The van der Waals surface area contributed by atoms with E-state index in [1.807, 2.05) is 0 Å². The Morgan fingerprint density at radius 2 is 2.11 bits per heavy atom. The minimum Gasteiger partial charge on any atom is -0.331 e. The van der Waals surface area contributed by atoms with Crippen LogP contribution in [-0.4, -0.2) is 16.1 Å². The van der Waals surface area contributed by atoms with Crippen molar-refractivity contribution >= 4 is 11.0 Å². The quantitative estimate of drug-likeness (QED) is 0.898. The van der Waals surface area contributed by atoms with E-state index in [-0.39, 0.29) is 0 Å². The van der Waals surface area contributed by atoms with E-state index >= 15 is 0 Å². The lowest BCUT2D eigenvalue weighted by atomic mass is 9.79. The highest BCUT2D eigenvalue weighted by atomic mass is 15.1. The van der Waals surface area contributed by atoms with Gasteiger partial charge in [0.25, 0.3) is 0 Å². The molecule has 0 spiro atoms. The van der Waals surface area contributed by atoms with E-state index in [2.05, 4.69) is 36.7 Å². The Balaban J connectivity index is 2.06. The van der Waals surface area contributed by atoms with Crippen LogP contribution in [0.4, 0.5) is 0 Å². The maximum Gasteiger partial charge on any atom is 0.113 e. The monoisotopic (exact) mass is 257 g/mol. The van der Waals surface area contributed by atoms with Crippen molar-refractivity contribution in [2.75, 3.05) is 6.54 Å². The fourth-order valence-corrected chi connectivity index (χ4v) is 3.49. The van der Waals surface area contributed by atoms with Crippen LogP contribution in [-0.2, 0) is 7.05 Å². The van der Waals surface area contributed by atoms with Crippen molar-refractivity contribution in [1.29, 1.82) is 0 Å². The van der Waals surface area contributed by atoms with Crippen molar-refractivity contribution in [2.45, 2.75) is 38.5 Å². The summed E-state index contributed by atoms with van der Waals surface area (Å²) in [4.78, 5) is 4.90. The fraction of sp³-hybridized carbons (Fsp3) is 0.562. The number of nitrogens with zero attached hydrogens (tertiary/aromatic N) is 2. The molecule has 1 aliphatic rings. The first-order valence-electron chi connectivity index (χ1n) is 7.33. The second-order valence-electron chi connectivity index (χ2n) is 5.91. The third-order valence-electron chi connectivity index (χ3n) is 4.61. The maximum atomic E-state index is 5.96. The van der Waals surface area contributed by atoms with E-state index in [0.29, 0.717) is 11.8 Å². The molecule has 0 amide bonds. The van der Waals surface area contributed by atoms with Crippen LogP contribution in [0.3, 0.4) is 0 Å². The summed E-state index contributed by atoms with van der Waals surface area (Å²) in [6, 6.07) is 6.52. The minimum atomic E-state index is 0.538. The van der Waals surface area contributed by atoms with Gasteiger partial charge in [0, 0.05) is 13.0 Å². The Bertz CT molecular complexity index is 585. The molecule has 3 nitrogen and oxygen atoms in total. The number of aryl methyl sites for hydroxylation is 2. The average molecular weight is 257 g/mol. The second-order valence-corrected chi connectivity index (χ2v) is 5.91. The Kier molecular flexibility index (Phi) is 3.31. The molecule has 0 saturated heterocycles. The summed E-state index contributed by atoms with van der Waals surface area (Å²) >= 11 is 0. The molecule has 1 aliphatic carbocycles. The highest BCUT2D eigenvalue weighted by Crippen LogP contribution is 2.37. The van der Waals surface area contributed by atoms with Gasteiger partial charge >= 0.3 is 0 Å². The Morgan fingerprint density at radius 1 is 1.32 bits per heavy atom. The molecule has 1 saturated carbocycles. The summed E-state index contributed by atoms with van der Waals surface area (Å²) in [5.74, 6) is 2.37. The number of benzene rings is 1. The molecule has 2 N–H and O–H groups in total. The standard InChI is InChI=1S/C16H23N3/c1-11-7-8-15-14(9-11)18-16(19(15)2)13-6-4-3-5-12(13)10-17/h7-9,12-13H,3-6,10,17H2,1-2H3. The van der Waals surface area contributed by atoms with Gasteiger partial charge in [-0.1, -0.05) is 18.9 Å². The zero-order chi connectivity index (χ0) is 13.4. The van der Waals surface area contributed by atoms with Crippen LogP contribution in [0.1, 0.15) is 43.0 Å². The minimum absolute atomic E-state index is 0.538. The number of imidazole rings is 1. The Hall–Kier alpha value is -1.35. The summed E-state index contributed by atoms with van der Waals surface area (Å²) < 4.78 is 2.27. The average Bonchev–Trinajstić information content (AvgIpc) is 2.75. The molecule has 19 heavy (non-hydrogen) atoms. The first-order chi connectivity index (χ1) is 9.20. The molecule has 102 valence electrons. The summed E-state index contributed by atoms with van der Waals surface area (Å²) in [6.45, 7) is 2.91. The lowest BCUT2D eigenvalue weighted by Gasteiger charge is -2.30. The number of hydrogen-bond donors (Lipinski definition) is 1. The third-order valence-corrected chi connectivity index (χ3v) is 4.61.